The van der Waals surface area contributed by atoms with Gasteiger partial charge < -0.3 is 5.11 Å². The maximum absolute atomic E-state index is 12.6. The Morgan fingerprint density at radius 2 is 2.44 bits per heavy atom. The first-order chi connectivity index (χ1) is 4.22. The highest BCUT2D eigenvalue weighted by molar-refractivity contribution is 4.70. The first-order valence-electron chi connectivity index (χ1n) is 3.29. The quantitative estimate of drug-likeness (QED) is 0.533. The number of nitrogens with zero attached hydrogens (tertiary/aromatic N) is 1. The standard InChI is InChI=1S/C6H12FNO/c1-5(9)8-4-2-3-6(8)7/h5-6,9H,2-4H2,1H3. The fraction of sp³-hybridized carbons (Fsp3) is 1.00. The lowest BCUT2D eigenvalue weighted by atomic mass is 10.4. The van der Waals surface area contributed by atoms with Crippen molar-refractivity contribution in [2.45, 2.75) is 32.3 Å². The lowest BCUT2D eigenvalue weighted by Crippen LogP contribution is -2.34. The van der Waals surface area contributed by atoms with Crippen molar-refractivity contribution in [3.63, 3.8) is 0 Å². The average molecular weight is 133 g/mol. The molecule has 0 aromatic rings. The van der Waals surface area contributed by atoms with Crippen molar-refractivity contribution in [1.29, 1.82) is 0 Å². The van der Waals surface area contributed by atoms with E-state index < -0.39 is 12.5 Å². The van der Waals surface area contributed by atoms with Crippen LogP contribution in [-0.4, -0.2) is 29.1 Å². The Kier molecular flexibility index (Phi) is 2.03. The predicted octanol–water partition coefficient (Wildman–Crippen LogP) is 0.716. The van der Waals surface area contributed by atoms with Gasteiger partial charge in [-0.15, -0.1) is 0 Å². The van der Waals surface area contributed by atoms with Crippen LogP contribution >= 0.6 is 0 Å². The number of hydrogen-bond acceptors (Lipinski definition) is 2. The fourth-order valence-electron chi connectivity index (χ4n) is 1.17. The monoisotopic (exact) mass is 133 g/mol. The molecule has 0 aliphatic carbocycles. The van der Waals surface area contributed by atoms with Gasteiger partial charge in [0.15, 0.2) is 6.30 Å². The van der Waals surface area contributed by atoms with Gasteiger partial charge in [-0.05, 0) is 19.8 Å². The normalized spacial score (nSPS) is 33.0. The van der Waals surface area contributed by atoms with Crippen molar-refractivity contribution in [3.05, 3.63) is 0 Å². The van der Waals surface area contributed by atoms with Crippen LogP contribution in [0.5, 0.6) is 0 Å². The zero-order valence-corrected chi connectivity index (χ0v) is 5.55. The van der Waals surface area contributed by atoms with Crippen molar-refractivity contribution >= 4 is 0 Å². The topological polar surface area (TPSA) is 23.5 Å². The molecule has 0 radical (unpaired) electrons. The van der Waals surface area contributed by atoms with Gasteiger partial charge >= 0.3 is 0 Å². The molecule has 1 heterocycles. The largest absolute Gasteiger partial charge is 0.379 e. The summed E-state index contributed by atoms with van der Waals surface area (Å²) in [5, 5.41) is 8.91. The molecule has 54 valence electrons. The van der Waals surface area contributed by atoms with E-state index in [1.54, 1.807) is 6.92 Å². The smallest absolute Gasteiger partial charge is 0.155 e. The van der Waals surface area contributed by atoms with E-state index >= 15 is 0 Å². The molecule has 1 N–H and O–H groups in total. The van der Waals surface area contributed by atoms with E-state index in [0.29, 0.717) is 13.0 Å². The van der Waals surface area contributed by atoms with Crippen LogP contribution in [-0.2, 0) is 0 Å². The molecule has 1 rings (SSSR count). The molecular formula is C6H12FNO. The Hall–Kier alpha value is -0.150. The summed E-state index contributed by atoms with van der Waals surface area (Å²) in [5.74, 6) is 0. The third-order valence-corrected chi connectivity index (χ3v) is 1.70. The van der Waals surface area contributed by atoms with Gasteiger partial charge in [-0.3, -0.25) is 0 Å². The minimum atomic E-state index is -0.912. The zero-order valence-electron chi connectivity index (χ0n) is 5.55. The number of aliphatic hydroxyl groups excluding tert-OH is 1. The number of alkyl halides is 1. The molecule has 1 fully saturated rings. The number of likely N-dealkylation sites (tertiary alicyclic amines) is 1. The first-order valence-corrected chi connectivity index (χ1v) is 3.29. The minimum Gasteiger partial charge on any atom is -0.379 e. The van der Waals surface area contributed by atoms with Crippen LogP contribution in [0.4, 0.5) is 4.39 Å². The van der Waals surface area contributed by atoms with E-state index in [0.717, 1.165) is 6.42 Å². The highest BCUT2D eigenvalue weighted by Gasteiger charge is 2.26. The summed E-state index contributed by atoms with van der Waals surface area (Å²) in [5.41, 5.74) is 0. The summed E-state index contributed by atoms with van der Waals surface area (Å²) >= 11 is 0. The van der Waals surface area contributed by atoms with Gasteiger partial charge in [0.2, 0.25) is 0 Å². The Morgan fingerprint density at radius 3 is 2.67 bits per heavy atom. The van der Waals surface area contributed by atoms with Gasteiger partial charge in [0.1, 0.15) is 6.23 Å². The van der Waals surface area contributed by atoms with Gasteiger partial charge in [0, 0.05) is 6.54 Å². The predicted molar refractivity (Wildman–Crippen MR) is 32.5 cm³/mol. The first kappa shape index (κ1) is 6.96. The van der Waals surface area contributed by atoms with E-state index in [-0.39, 0.29) is 0 Å². The Balaban J connectivity index is 2.40. The Bertz CT molecular complexity index is 97.1. The molecule has 1 aliphatic heterocycles. The molecule has 0 spiro atoms. The second kappa shape index (κ2) is 2.62. The summed E-state index contributed by atoms with van der Waals surface area (Å²) < 4.78 is 12.6. The zero-order chi connectivity index (χ0) is 6.85. The van der Waals surface area contributed by atoms with Crippen LogP contribution in [0.1, 0.15) is 19.8 Å². The molecule has 1 aliphatic rings. The maximum Gasteiger partial charge on any atom is 0.155 e. The van der Waals surface area contributed by atoms with E-state index in [9.17, 15) is 4.39 Å². The van der Waals surface area contributed by atoms with Gasteiger partial charge in [-0.1, -0.05) is 0 Å². The van der Waals surface area contributed by atoms with E-state index in [2.05, 4.69) is 0 Å². The Morgan fingerprint density at radius 1 is 1.78 bits per heavy atom. The number of halogens is 1. The summed E-state index contributed by atoms with van der Waals surface area (Å²) in [7, 11) is 0. The molecule has 0 saturated carbocycles. The van der Waals surface area contributed by atoms with E-state index in [1.807, 2.05) is 0 Å². The molecule has 0 amide bonds. The molecule has 2 atom stereocenters. The summed E-state index contributed by atoms with van der Waals surface area (Å²) in [6.45, 7) is 2.29. The van der Waals surface area contributed by atoms with Crippen molar-refractivity contribution in [2.24, 2.45) is 0 Å². The molecule has 0 aromatic carbocycles. The minimum absolute atomic E-state index is 0.574. The van der Waals surface area contributed by atoms with Gasteiger partial charge in [-0.2, -0.15) is 0 Å². The highest BCUT2D eigenvalue weighted by atomic mass is 19.1. The lowest BCUT2D eigenvalue weighted by molar-refractivity contribution is -0.0299. The van der Waals surface area contributed by atoms with E-state index in [1.165, 1.54) is 4.90 Å². The number of aliphatic hydroxyl groups is 1. The summed E-state index contributed by atoms with van der Waals surface area (Å²) in [6.07, 6.45) is -0.0933. The number of rotatable bonds is 1. The van der Waals surface area contributed by atoms with Crippen molar-refractivity contribution in [2.75, 3.05) is 6.54 Å². The van der Waals surface area contributed by atoms with Gasteiger partial charge in [-0.25, -0.2) is 9.29 Å². The third-order valence-electron chi connectivity index (χ3n) is 1.70. The molecule has 0 aromatic heterocycles. The molecular weight excluding hydrogens is 121 g/mol. The molecule has 9 heavy (non-hydrogen) atoms. The van der Waals surface area contributed by atoms with Crippen LogP contribution in [0.25, 0.3) is 0 Å². The maximum atomic E-state index is 12.6. The molecule has 1 saturated heterocycles. The van der Waals surface area contributed by atoms with Crippen LogP contribution in [0, 0.1) is 0 Å². The van der Waals surface area contributed by atoms with Crippen molar-refractivity contribution in [1.82, 2.24) is 4.90 Å². The van der Waals surface area contributed by atoms with Crippen LogP contribution in [0.2, 0.25) is 0 Å². The van der Waals surface area contributed by atoms with Crippen LogP contribution < -0.4 is 0 Å². The fourth-order valence-corrected chi connectivity index (χ4v) is 1.17. The lowest BCUT2D eigenvalue weighted by Gasteiger charge is -2.20. The highest BCUT2D eigenvalue weighted by Crippen LogP contribution is 2.19. The third kappa shape index (κ3) is 1.40. The van der Waals surface area contributed by atoms with E-state index in [4.69, 9.17) is 5.11 Å². The average Bonchev–Trinajstić information content (AvgIpc) is 2.13. The second-order valence-electron chi connectivity index (χ2n) is 2.45. The summed E-state index contributed by atoms with van der Waals surface area (Å²) in [6, 6.07) is 0. The second-order valence-corrected chi connectivity index (χ2v) is 2.45. The molecule has 2 unspecified atom stereocenters. The SMILES string of the molecule is CC(O)N1CCCC1F. The van der Waals surface area contributed by atoms with Crippen LogP contribution in [0.3, 0.4) is 0 Å². The number of hydrogen-bond donors (Lipinski definition) is 1. The molecule has 2 nitrogen and oxygen atoms in total. The molecule has 0 bridgehead atoms. The Labute approximate surface area is 54.3 Å². The summed E-state index contributed by atoms with van der Waals surface area (Å²) in [4.78, 5) is 1.46. The van der Waals surface area contributed by atoms with Gasteiger partial charge in [0.25, 0.3) is 0 Å². The molecule has 3 heteroatoms. The van der Waals surface area contributed by atoms with Crippen molar-refractivity contribution in [3.8, 4) is 0 Å². The van der Waals surface area contributed by atoms with Gasteiger partial charge in [0.05, 0.1) is 0 Å². The van der Waals surface area contributed by atoms with Crippen LogP contribution in [0.15, 0.2) is 0 Å². The van der Waals surface area contributed by atoms with Crippen molar-refractivity contribution < 1.29 is 9.50 Å².